The maximum Gasteiger partial charge on any atom is 0.261 e. The largest absolute Gasteiger partial charge is 0.298 e. The lowest BCUT2D eigenvalue weighted by Gasteiger charge is -2.10. The Morgan fingerprint density at radius 2 is 1.71 bits per heavy atom. The number of nitrogens with zero attached hydrogens (tertiary/aromatic N) is 1. The molecular formula is C13H11NO3. The minimum atomic E-state index is -0.305. The molecule has 0 unspecified atom stereocenters. The maximum absolute atomic E-state index is 11.9. The van der Waals surface area contributed by atoms with Gasteiger partial charge in [0, 0.05) is 6.54 Å². The van der Waals surface area contributed by atoms with E-state index in [1.807, 2.05) is 0 Å². The molecule has 86 valence electrons. The molecule has 4 heteroatoms. The number of fused-ring (bicyclic) bond motifs is 1. The monoisotopic (exact) mass is 229 g/mol. The Bertz CT molecular complexity index is 496. The molecule has 0 spiro atoms. The second-order valence-corrected chi connectivity index (χ2v) is 3.83. The van der Waals surface area contributed by atoms with Gasteiger partial charge < -0.3 is 0 Å². The Kier molecular flexibility index (Phi) is 2.87. The van der Waals surface area contributed by atoms with E-state index < -0.39 is 0 Å². The summed E-state index contributed by atoms with van der Waals surface area (Å²) in [5.74, 6) is -0.610. The summed E-state index contributed by atoms with van der Waals surface area (Å²) in [6.45, 7) is 1.77. The molecule has 1 heterocycles. The highest BCUT2D eigenvalue weighted by Crippen LogP contribution is 2.22. The molecule has 0 atom stereocenters. The summed E-state index contributed by atoms with van der Waals surface area (Å²) in [5, 5.41) is 0. The van der Waals surface area contributed by atoms with Crippen LogP contribution in [0.25, 0.3) is 0 Å². The van der Waals surface area contributed by atoms with Crippen molar-refractivity contribution < 1.29 is 14.4 Å². The van der Waals surface area contributed by atoms with Gasteiger partial charge in [-0.15, -0.1) is 0 Å². The van der Waals surface area contributed by atoms with E-state index in [1.54, 1.807) is 37.3 Å². The SMILES string of the molecule is CC(C=O)=CCN1C(=O)c2ccccc2C1=O. The average molecular weight is 229 g/mol. The van der Waals surface area contributed by atoms with E-state index in [2.05, 4.69) is 0 Å². The number of hydrogen-bond donors (Lipinski definition) is 0. The fraction of sp³-hybridized carbons (Fsp3) is 0.154. The molecular weight excluding hydrogens is 218 g/mol. The second kappa shape index (κ2) is 4.33. The zero-order chi connectivity index (χ0) is 12.4. The summed E-state index contributed by atoms with van der Waals surface area (Å²) in [6, 6.07) is 6.71. The third-order valence-electron chi connectivity index (χ3n) is 2.66. The van der Waals surface area contributed by atoms with Gasteiger partial charge in [-0.1, -0.05) is 18.2 Å². The van der Waals surface area contributed by atoms with Crippen LogP contribution in [0.5, 0.6) is 0 Å². The molecule has 0 aromatic heterocycles. The van der Waals surface area contributed by atoms with Gasteiger partial charge in [-0.05, 0) is 24.6 Å². The summed E-state index contributed by atoms with van der Waals surface area (Å²) >= 11 is 0. The Hall–Kier alpha value is -2.23. The number of allylic oxidation sites excluding steroid dienone is 1. The Labute approximate surface area is 98.5 Å². The summed E-state index contributed by atoms with van der Waals surface area (Å²) in [5.41, 5.74) is 1.35. The maximum atomic E-state index is 11.9. The molecule has 2 rings (SSSR count). The molecule has 1 aromatic rings. The predicted octanol–water partition coefficient (Wildman–Crippen LogP) is 1.43. The van der Waals surface area contributed by atoms with Crippen LogP contribution in [-0.4, -0.2) is 29.5 Å². The molecule has 1 aromatic carbocycles. The van der Waals surface area contributed by atoms with Crippen molar-refractivity contribution in [2.75, 3.05) is 6.54 Å². The molecule has 2 amide bonds. The molecule has 17 heavy (non-hydrogen) atoms. The Morgan fingerprint density at radius 3 is 2.18 bits per heavy atom. The molecule has 1 aliphatic rings. The van der Waals surface area contributed by atoms with Gasteiger partial charge in [-0.2, -0.15) is 0 Å². The van der Waals surface area contributed by atoms with Crippen molar-refractivity contribution in [2.24, 2.45) is 0 Å². The van der Waals surface area contributed by atoms with Crippen LogP contribution < -0.4 is 0 Å². The van der Waals surface area contributed by atoms with E-state index >= 15 is 0 Å². The lowest BCUT2D eigenvalue weighted by Crippen LogP contribution is -2.29. The molecule has 0 saturated heterocycles. The summed E-state index contributed by atoms with van der Waals surface area (Å²) in [7, 11) is 0. The van der Waals surface area contributed by atoms with Crippen molar-refractivity contribution in [3.63, 3.8) is 0 Å². The van der Waals surface area contributed by atoms with Gasteiger partial charge in [0.1, 0.15) is 6.29 Å². The quantitative estimate of drug-likeness (QED) is 0.447. The molecule has 0 N–H and O–H groups in total. The van der Waals surface area contributed by atoms with Gasteiger partial charge in [-0.25, -0.2) is 0 Å². The first kappa shape index (κ1) is 11.3. The zero-order valence-corrected chi connectivity index (χ0v) is 9.34. The van der Waals surface area contributed by atoms with Gasteiger partial charge in [0.05, 0.1) is 11.1 Å². The predicted molar refractivity (Wildman–Crippen MR) is 61.6 cm³/mol. The fourth-order valence-corrected chi connectivity index (χ4v) is 1.69. The van der Waals surface area contributed by atoms with E-state index in [0.29, 0.717) is 23.0 Å². The van der Waals surface area contributed by atoms with Gasteiger partial charge in [-0.3, -0.25) is 19.3 Å². The number of carbonyl (C=O) groups is 3. The zero-order valence-electron chi connectivity index (χ0n) is 9.34. The van der Waals surface area contributed by atoms with E-state index in [1.165, 1.54) is 0 Å². The first-order valence-electron chi connectivity index (χ1n) is 5.22. The van der Waals surface area contributed by atoms with Crippen LogP contribution in [-0.2, 0) is 4.79 Å². The average Bonchev–Trinajstić information content (AvgIpc) is 2.60. The second-order valence-electron chi connectivity index (χ2n) is 3.83. The van der Waals surface area contributed by atoms with Crippen LogP contribution in [0.1, 0.15) is 27.6 Å². The smallest absolute Gasteiger partial charge is 0.261 e. The first-order valence-corrected chi connectivity index (χ1v) is 5.22. The van der Waals surface area contributed by atoms with Crippen LogP contribution in [0.2, 0.25) is 0 Å². The molecule has 0 saturated carbocycles. The molecule has 0 aliphatic carbocycles. The lowest BCUT2D eigenvalue weighted by molar-refractivity contribution is -0.104. The number of hydrogen-bond acceptors (Lipinski definition) is 3. The normalized spacial score (nSPS) is 15.1. The van der Waals surface area contributed by atoms with Crippen molar-refractivity contribution in [3.8, 4) is 0 Å². The minimum absolute atomic E-state index is 0.136. The standard InChI is InChI=1S/C13H11NO3/c1-9(8-15)6-7-14-12(16)10-4-2-3-5-11(10)13(14)17/h2-6,8H,7H2,1H3. The van der Waals surface area contributed by atoms with E-state index in [0.717, 1.165) is 4.90 Å². The number of rotatable bonds is 3. The van der Waals surface area contributed by atoms with Crippen molar-refractivity contribution in [1.82, 2.24) is 4.90 Å². The van der Waals surface area contributed by atoms with E-state index in [4.69, 9.17) is 0 Å². The van der Waals surface area contributed by atoms with Crippen molar-refractivity contribution in [3.05, 3.63) is 47.0 Å². The van der Waals surface area contributed by atoms with Gasteiger partial charge in [0.15, 0.2) is 0 Å². The molecule has 4 nitrogen and oxygen atoms in total. The first-order chi connectivity index (χ1) is 8.15. The number of amides is 2. The minimum Gasteiger partial charge on any atom is -0.298 e. The Morgan fingerprint density at radius 1 is 1.18 bits per heavy atom. The molecule has 0 fully saturated rings. The highest BCUT2D eigenvalue weighted by molar-refractivity contribution is 6.21. The van der Waals surface area contributed by atoms with Crippen molar-refractivity contribution >= 4 is 18.1 Å². The molecule has 0 bridgehead atoms. The number of aldehydes is 1. The van der Waals surface area contributed by atoms with Crippen LogP contribution in [0.15, 0.2) is 35.9 Å². The highest BCUT2D eigenvalue weighted by Gasteiger charge is 2.34. The van der Waals surface area contributed by atoms with E-state index in [9.17, 15) is 14.4 Å². The highest BCUT2D eigenvalue weighted by atomic mass is 16.2. The number of benzene rings is 1. The third-order valence-corrected chi connectivity index (χ3v) is 2.66. The summed E-state index contributed by atoms with van der Waals surface area (Å²) < 4.78 is 0. The van der Waals surface area contributed by atoms with Crippen LogP contribution in [0, 0.1) is 0 Å². The van der Waals surface area contributed by atoms with Crippen LogP contribution in [0.4, 0.5) is 0 Å². The lowest BCUT2D eigenvalue weighted by atomic mass is 10.1. The van der Waals surface area contributed by atoms with Crippen molar-refractivity contribution in [2.45, 2.75) is 6.92 Å². The van der Waals surface area contributed by atoms with Gasteiger partial charge in [0.25, 0.3) is 11.8 Å². The van der Waals surface area contributed by atoms with Gasteiger partial charge >= 0.3 is 0 Å². The fourth-order valence-electron chi connectivity index (χ4n) is 1.69. The van der Waals surface area contributed by atoms with E-state index in [-0.39, 0.29) is 18.4 Å². The molecule has 0 radical (unpaired) electrons. The third kappa shape index (κ3) is 1.89. The summed E-state index contributed by atoms with van der Waals surface area (Å²) in [4.78, 5) is 35.4. The molecule has 1 aliphatic heterocycles. The Balaban J connectivity index is 2.28. The van der Waals surface area contributed by atoms with Crippen molar-refractivity contribution in [1.29, 1.82) is 0 Å². The number of carbonyl (C=O) groups excluding carboxylic acids is 3. The van der Waals surface area contributed by atoms with Gasteiger partial charge in [0.2, 0.25) is 0 Å². The topological polar surface area (TPSA) is 54.5 Å². The summed E-state index contributed by atoms with van der Waals surface area (Å²) in [6.07, 6.45) is 2.26. The van der Waals surface area contributed by atoms with Crippen LogP contribution in [0.3, 0.4) is 0 Å². The van der Waals surface area contributed by atoms with Crippen LogP contribution >= 0.6 is 0 Å². The number of imide groups is 1.